The van der Waals surface area contributed by atoms with E-state index in [-0.39, 0.29) is 12.5 Å². The van der Waals surface area contributed by atoms with Crippen LogP contribution in [0.15, 0.2) is 53.4 Å². The highest BCUT2D eigenvalue weighted by atomic mass is 35.5. The van der Waals surface area contributed by atoms with Crippen LogP contribution in [0.5, 0.6) is 5.75 Å². The Labute approximate surface area is 189 Å². The minimum absolute atomic E-state index is 0.182. The Kier molecular flexibility index (Phi) is 6.63. The van der Waals surface area contributed by atoms with Gasteiger partial charge in [0.2, 0.25) is 5.91 Å². The molecule has 6 nitrogen and oxygen atoms in total. The summed E-state index contributed by atoms with van der Waals surface area (Å²) in [5.41, 5.74) is 1.73. The molecular weight excluding hydrogens is 436 g/mol. The summed E-state index contributed by atoms with van der Waals surface area (Å²) in [5, 5.41) is 0.251. The van der Waals surface area contributed by atoms with Gasteiger partial charge in [0.15, 0.2) is 0 Å². The van der Waals surface area contributed by atoms with Crippen molar-refractivity contribution in [1.82, 2.24) is 9.80 Å². The third kappa shape index (κ3) is 5.29. The van der Waals surface area contributed by atoms with Gasteiger partial charge < -0.3 is 9.64 Å². The Morgan fingerprint density at radius 3 is 2.58 bits per heavy atom. The van der Waals surface area contributed by atoms with Crippen molar-refractivity contribution in [2.24, 2.45) is 0 Å². The topological polar surface area (TPSA) is 66.9 Å². The molecule has 2 aromatic rings. The highest BCUT2D eigenvalue weighted by Crippen LogP contribution is 2.32. The molecule has 0 atom stereocenters. The van der Waals surface area contributed by atoms with Gasteiger partial charge in [-0.05, 0) is 66.1 Å². The van der Waals surface area contributed by atoms with Gasteiger partial charge in [-0.1, -0.05) is 35.9 Å². The van der Waals surface area contributed by atoms with Crippen molar-refractivity contribution in [3.05, 3.63) is 69.6 Å². The van der Waals surface area contributed by atoms with Crippen LogP contribution < -0.4 is 4.74 Å². The summed E-state index contributed by atoms with van der Waals surface area (Å²) in [6.07, 6.45) is 3.58. The van der Waals surface area contributed by atoms with E-state index in [0.29, 0.717) is 35.4 Å². The molecule has 2 saturated heterocycles. The molecule has 0 spiro atoms. The van der Waals surface area contributed by atoms with E-state index in [4.69, 9.17) is 16.3 Å². The molecule has 0 N–H and O–H groups in total. The number of hydrogen-bond donors (Lipinski definition) is 0. The van der Waals surface area contributed by atoms with Crippen LogP contribution in [0.1, 0.15) is 24.0 Å². The molecule has 2 heterocycles. The van der Waals surface area contributed by atoms with Crippen molar-refractivity contribution in [1.29, 1.82) is 0 Å². The highest BCUT2D eigenvalue weighted by Gasteiger charge is 2.37. The fourth-order valence-corrected chi connectivity index (χ4v) is 4.40. The number of carbonyl (C=O) groups excluding carboxylic acids is 3. The predicted octanol–water partition coefficient (Wildman–Crippen LogP) is 4.58. The number of amides is 3. The summed E-state index contributed by atoms with van der Waals surface area (Å²) in [6.45, 7) is 1.56. The second-order valence-corrected chi connectivity index (χ2v) is 8.77. The third-order valence-electron chi connectivity index (χ3n) is 5.10. The molecule has 0 bridgehead atoms. The number of thioether (sulfide) groups is 1. The molecule has 2 fully saturated rings. The molecule has 2 aliphatic rings. The first-order chi connectivity index (χ1) is 15.0. The van der Waals surface area contributed by atoms with Crippen LogP contribution in [0.2, 0.25) is 5.02 Å². The molecule has 2 aliphatic heterocycles. The zero-order valence-corrected chi connectivity index (χ0v) is 18.3. The maximum atomic E-state index is 12.7. The Bertz CT molecular complexity index is 1030. The molecule has 31 heavy (non-hydrogen) atoms. The summed E-state index contributed by atoms with van der Waals surface area (Å²) >= 11 is 6.75. The predicted molar refractivity (Wildman–Crippen MR) is 121 cm³/mol. The van der Waals surface area contributed by atoms with Crippen LogP contribution in [-0.4, -0.2) is 46.5 Å². The smallest absolute Gasteiger partial charge is 0.294 e. The van der Waals surface area contributed by atoms with E-state index in [0.717, 1.165) is 40.6 Å². The van der Waals surface area contributed by atoms with Gasteiger partial charge in [0.1, 0.15) is 18.9 Å². The average molecular weight is 457 g/mol. The highest BCUT2D eigenvalue weighted by molar-refractivity contribution is 8.18. The van der Waals surface area contributed by atoms with E-state index < -0.39 is 11.1 Å². The van der Waals surface area contributed by atoms with E-state index >= 15 is 0 Å². The first kappa shape index (κ1) is 21.5. The fraction of sp³-hybridized carbons (Fsp3) is 0.261. The molecule has 8 heteroatoms. The number of imide groups is 1. The van der Waals surface area contributed by atoms with E-state index in [1.54, 1.807) is 29.2 Å². The Morgan fingerprint density at radius 2 is 1.84 bits per heavy atom. The van der Waals surface area contributed by atoms with Crippen molar-refractivity contribution in [2.45, 2.75) is 19.4 Å². The van der Waals surface area contributed by atoms with Crippen molar-refractivity contribution in [3.63, 3.8) is 0 Å². The third-order valence-corrected chi connectivity index (χ3v) is 6.26. The van der Waals surface area contributed by atoms with Crippen molar-refractivity contribution in [3.8, 4) is 5.75 Å². The van der Waals surface area contributed by atoms with Crippen LogP contribution in [0.25, 0.3) is 6.08 Å². The van der Waals surface area contributed by atoms with Crippen LogP contribution in [0.4, 0.5) is 4.79 Å². The lowest BCUT2D eigenvalue weighted by Crippen LogP contribution is -2.40. The molecule has 0 radical (unpaired) electrons. The van der Waals surface area contributed by atoms with E-state index in [1.807, 2.05) is 30.3 Å². The van der Waals surface area contributed by atoms with E-state index in [2.05, 4.69) is 0 Å². The Balaban J connectivity index is 1.41. The van der Waals surface area contributed by atoms with Gasteiger partial charge in [0, 0.05) is 18.1 Å². The van der Waals surface area contributed by atoms with E-state index in [1.165, 1.54) is 0 Å². The number of likely N-dealkylation sites (tertiary alicyclic amines) is 1. The summed E-state index contributed by atoms with van der Waals surface area (Å²) in [6, 6.07) is 14.7. The molecule has 3 amide bonds. The van der Waals surface area contributed by atoms with Gasteiger partial charge in [-0.3, -0.25) is 19.3 Å². The molecule has 2 aromatic carbocycles. The van der Waals surface area contributed by atoms with Crippen LogP contribution in [0, 0.1) is 0 Å². The maximum Gasteiger partial charge on any atom is 0.294 e. The summed E-state index contributed by atoms with van der Waals surface area (Å²) in [5.74, 6) is 0.0285. The minimum atomic E-state index is -0.435. The number of rotatable bonds is 6. The molecule has 0 saturated carbocycles. The number of benzene rings is 2. The van der Waals surface area contributed by atoms with Crippen molar-refractivity contribution in [2.75, 3.05) is 19.6 Å². The first-order valence-electron chi connectivity index (χ1n) is 10.00. The number of carbonyl (C=O) groups is 3. The quantitative estimate of drug-likeness (QED) is 0.595. The standard InChI is InChI=1S/C23H21ClN2O4S/c24-18-8-6-16(7-9-18)15-30-19-5-3-4-17(12-19)13-20-22(28)26(23(29)31-20)14-21(27)25-10-1-2-11-25/h3-9,12-13H,1-2,10-11,14-15H2/b20-13-. The lowest BCUT2D eigenvalue weighted by atomic mass is 10.2. The lowest BCUT2D eigenvalue weighted by Gasteiger charge is -2.18. The Morgan fingerprint density at radius 1 is 1.10 bits per heavy atom. The number of hydrogen-bond acceptors (Lipinski definition) is 5. The summed E-state index contributed by atoms with van der Waals surface area (Å²) < 4.78 is 5.82. The van der Waals surface area contributed by atoms with Crippen molar-refractivity contribution < 1.29 is 19.1 Å². The number of halogens is 1. The SMILES string of the molecule is O=C(CN1C(=O)S/C(=C\c2cccc(OCc3ccc(Cl)cc3)c2)C1=O)N1CCCC1. The van der Waals surface area contributed by atoms with Gasteiger partial charge in [-0.25, -0.2) is 0 Å². The zero-order valence-electron chi connectivity index (χ0n) is 16.8. The normalized spacial score (nSPS) is 17.6. The molecule has 4 rings (SSSR count). The molecule has 0 aliphatic carbocycles. The minimum Gasteiger partial charge on any atom is -0.489 e. The average Bonchev–Trinajstić information content (AvgIpc) is 3.39. The largest absolute Gasteiger partial charge is 0.489 e. The molecule has 160 valence electrons. The van der Waals surface area contributed by atoms with Crippen LogP contribution >= 0.6 is 23.4 Å². The van der Waals surface area contributed by atoms with Gasteiger partial charge >= 0.3 is 0 Å². The van der Waals surface area contributed by atoms with Gasteiger partial charge in [0.25, 0.3) is 11.1 Å². The van der Waals surface area contributed by atoms with E-state index in [9.17, 15) is 14.4 Å². The second kappa shape index (κ2) is 9.58. The molecular formula is C23H21ClN2O4S. The number of ether oxygens (including phenoxy) is 1. The fourth-order valence-electron chi connectivity index (χ4n) is 3.43. The summed E-state index contributed by atoms with van der Waals surface area (Å²) in [7, 11) is 0. The second-order valence-electron chi connectivity index (χ2n) is 7.34. The lowest BCUT2D eigenvalue weighted by molar-refractivity contribution is -0.135. The first-order valence-corrected chi connectivity index (χ1v) is 11.2. The zero-order chi connectivity index (χ0) is 21.8. The number of nitrogens with zero attached hydrogens (tertiary/aromatic N) is 2. The molecule has 0 unspecified atom stereocenters. The van der Waals surface area contributed by atoms with Crippen LogP contribution in [-0.2, 0) is 16.2 Å². The van der Waals surface area contributed by atoms with Gasteiger partial charge in [0.05, 0.1) is 4.91 Å². The van der Waals surface area contributed by atoms with Crippen LogP contribution in [0.3, 0.4) is 0 Å². The van der Waals surface area contributed by atoms with Gasteiger partial charge in [-0.2, -0.15) is 0 Å². The Hall–Kier alpha value is -2.77. The van der Waals surface area contributed by atoms with Gasteiger partial charge in [-0.15, -0.1) is 0 Å². The molecule has 0 aromatic heterocycles. The maximum absolute atomic E-state index is 12.7. The monoisotopic (exact) mass is 456 g/mol. The summed E-state index contributed by atoms with van der Waals surface area (Å²) in [4.78, 5) is 40.4. The van der Waals surface area contributed by atoms with Crippen molar-refractivity contribution >= 4 is 46.5 Å².